The number of pyridine rings is 1. The average Bonchev–Trinajstić information content (AvgIpc) is 2.68. The first-order chi connectivity index (χ1) is 13.9. The van der Waals surface area contributed by atoms with E-state index in [0.717, 1.165) is 17.8 Å². The Labute approximate surface area is 168 Å². The van der Waals surface area contributed by atoms with Crippen molar-refractivity contribution < 1.29 is 17.6 Å². The van der Waals surface area contributed by atoms with Crippen molar-refractivity contribution in [2.45, 2.75) is 18.2 Å². The van der Waals surface area contributed by atoms with Crippen LogP contribution < -0.4 is 10.6 Å². The molecule has 3 rings (SSSR count). The third-order valence-electron chi connectivity index (χ3n) is 4.12. The molecule has 2 amide bonds. The molecule has 0 spiro atoms. The fraction of sp³-hybridized carbons (Fsp3) is 0.143. The lowest BCUT2D eigenvalue weighted by Gasteiger charge is -2.14. The molecule has 3 aromatic rings. The van der Waals surface area contributed by atoms with Crippen molar-refractivity contribution in [2.75, 3.05) is 16.4 Å². The third-order valence-corrected chi connectivity index (χ3v) is 6.04. The highest BCUT2D eigenvalue weighted by Crippen LogP contribution is 2.31. The van der Waals surface area contributed by atoms with E-state index in [0.29, 0.717) is 17.7 Å². The fourth-order valence-electron chi connectivity index (χ4n) is 2.84. The minimum Gasteiger partial charge on any atom is -0.307 e. The van der Waals surface area contributed by atoms with Gasteiger partial charge in [-0.25, -0.2) is 17.6 Å². The van der Waals surface area contributed by atoms with Crippen molar-refractivity contribution in [1.82, 2.24) is 4.98 Å². The molecule has 0 atom stereocenters. The van der Waals surface area contributed by atoms with E-state index in [1.807, 2.05) is 30.3 Å². The number of nitrogens with one attached hydrogen (secondary N) is 2. The zero-order chi connectivity index (χ0) is 20.9. The molecule has 1 heterocycles. The summed E-state index contributed by atoms with van der Waals surface area (Å²) in [5, 5.41) is 5.16. The number of hydrogen-bond acceptors (Lipinski definition) is 4. The van der Waals surface area contributed by atoms with Gasteiger partial charge in [-0.15, -0.1) is 0 Å². The largest absolute Gasteiger partial charge is 0.323 e. The summed E-state index contributed by atoms with van der Waals surface area (Å²) in [6.45, 7) is 1.79. The van der Waals surface area contributed by atoms with Gasteiger partial charge < -0.3 is 10.6 Å². The molecule has 6 nitrogen and oxygen atoms in total. The van der Waals surface area contributed by atoms with Gasteiger partial charge in [0.15, 0.2) is 9.84 Å². The Morgan fingerprint density at radius 3 is 2.48 bits per heavy atom. The maximum absolute atomic E-state index is 13.3. The maximum atomic E-state index is 13.3. The number of carbonyl (C=O) groups excluding carboxylic acids is 1. The van der Waals surface area contributed by atoms with E-state index in [-0.39, 0.29) is 16.3 Å². The highest BCUT2D eigenvalue weighted by Gasteiger charge is 2.17. The minimum absolute atomic E-state index is 0.0122. The number of carbonyl (C=O) groups is 1. The topological polar surface area (TPSA) is 88.2 Å². The van der Waals surface area contributed by atoms with Crippen LogP contribution >= 0.6 is 0 Å². The van der Waals surface area contributed by atoms with Crippen molar-refractivity contribution in [3.05, 3.63) is 72.8 Å². The number of benzene rings is 2. The first-order valence-electron chi connectivity index (χ1n) is 9.00. The number of rotatable bonds is 6. The van der Waals surface area contributed by atoms with Crippen LogP contribution in [-0.2, 0) is 9.84 Å². The Morgan fingerprint density at radius 2 is 1.79 bits per heavy atom. The second-order valence-corrected chi connectivity index (χ2v) is 8.47. The molecule has 0 aliphatic rings. The molecule has 2 N–H and O–H groups in total. The molecule has 150 valence electrons. The lowest BCUT2D eigenvalue weighted by atomic mass is 10.0. The smallest absolute Gasteiger partial charge is 0.307 e. The van der Waals surface area contributed by atoms with Gasteiger partial charge in [-0.2, -0.15) is 0 Å². The summed E-state index contributed by atoms with van der Waals surface area (Å²) in [5.41, 5.74) is 1.98. The van der Waals surface area contributed by atoms with E-state index in [2.05, 4.69) is 15.6 Å². The van der Waals surface area contributed by atoms with E-state index < -0.39 is 21.7 Å². The molecule has 0 unspecified atom stereocenters. The standard InChI is InChI=1S/C21H20FN3O3S/c1-2-10-29(27,28)18-8-9-19(15-6-4-3-5-7-15)20(12-18)25-21(26)24-17-11-16(22)13-23-14-17/h3-9,11-14H,2,10H2,1H3,(H2,24,25,26). The lowest BCUT2D eigenvalue weighted by molar-refractivity contribution is 0.262. The summed E-state index contributed by atoms with van der Waals surface area (Å²) in [7, 11) is -3.46. The maximum Gasteiger partial charge on any atom is 0.323 e. The highest BCUT2D eigenvalue weighted by atomic mass is 32.2. The first-order valence-corrected chi connectivity index (χ1v) is 10.6. The molecule has 0 saturated carbocycles. The van der Waals surface area contributed by atoms with Crippen molar-refractivity contribution in [3.63, 3.8) is 0 Å². The van der Waals surface area contributed by atoms with Crippen molar-refractivity contribution in [2.24, 2.45) is 0 Å². The molecule has 1 aromatic heterocycles. The summed E-state index contributed by atoms with van der Waals surface area (Å²) in [4.78, 5) is 16.2. The second kappa shape index (κ2) is 8.83. The number of anilines is 2. The number of amides is 2. The molecule has 2 aromatic carbocycles. The summed E-state index contributed by atoms with van der Waals surface area (Å²) < 4.78 is 38.2. The predicted molar refractivity (Wildman–Crippen MR) is 111 cm³/mol. The molecule has 0 aliphatic carbocycles. The minimum atomic E-state index is -3.46. The van der Waals surface area contributed by atoms with Crippen LogP contribution in [-0.4, -0.2) is 25.2 Å². The van der Waals surface area contributed by atoms with Crippen LogP contribution in [0.25, 0.3) is 11.1 Å². The van der Waals surface area contributed by atoms with E-state index in [4.69, 9.17) is 0 Å². The molecule has 29 heavy (non-hydrogen) atoms. The lowest BCUT2D eigenvalue weighted by Crippen LogP contribution is -2.20. The molecule has 0 fully saturated rings. The van der Waals surface area contributed by atoms with Crippen LogP contribution in [0.3, 0.4) is 0 Å². The molecular weight excluding hydrogens is 393 g/mol. The van der Waals surface area contributed by atoms with Crippen LogP contribution in [0.4, 0.5) is 20.6 Å². The van der Waals surface area contributed by atoms with Gasteiger partial charge in [-0.1, -0.05) is 43.3 Å². The third kappa shape index (κ3) is 5.17. The first kappa shape index (κ1) is 20.5. The van der Waals surface area contributed by atoms with Gasteiger partial charge in [0.2, 0.25) is 0 Å². The van der Waals surface area contributed by atoms with Gasteiger partial charge in [-0.3, -0.25) is 4.98 Å². The average molecular weight is 413 g/mol. The number of aromatic nitrogens is 1. The van der Waals surface area contributed by atoms with E-state index >= 15 is 0 Å². The van der Waals surface area contributed by atoms with Crippen LogP contribution in [0.1, 0.15) is 13.3 Å². The van der Waals surface area contributed by atoms with Crippen molar-refractivity contribution in [1.29, 1.82) is 0 Å². The van der Waals surface area contributed by atoms with Gasteiger partial charge in [0, 0.05) is 11.6 Å². The Bertz CT molecular complexity index is 1120. The monoisotopic (exact) mass is 413 g/mol. The van der Waals surface area contributed by atoms with Crippen LogP contribution in [0.15, 0.2) is 71.9 Å². The summed E-state index contributed by atoms with van der Waals surface area (Å²) in [6.07, 6.45) is 2.82. The number of hydrogen-bond donors (Lipinski definition) is 2. The highest BCUT2D eigenvalue weighted by molar-refractivity contribution is 7.91. The Hall–Kier alpha value is -3.26. The zero-order valence-electron chi connectivity index (χ0n) is 15.7. The molecule has 0 saturated heterocycles. The van der Waals surface area contributed by atoms with Gasteiger partial charge in [-0.05, 0) is 24.1 Å². The number of urea groups is 1. The van der Waals surface area contributed by atoms with E-state index in [1.165, 1.54) is 18.3 Å². The van der Waals surface area contributed by atoms with Crippen molar-refractivity contribution in [3.8, 4) is 11.1 Å². The fourth-order valence-corrected chi connectivity index (χ4v) is 4.19. The SMILES string of the molecule is CCCS(=O)(=O)c1ccc(-c2ccccc2)c(NC(=O)Nc2cncc(F)c2)c1. The summed E-state index contributed by atoms with van der Waals surface area (Å²) in [6, 6.07) is 14.4. The second-order valence-electron chi connectivity index (χ2n) is 6.36. The van der Waals surface area contributed by atoms with Crippen LogP contribution in [0, 0.1) is 5.82 Å². The summed E-state index contributed by atoms with van der Waals surface area (Å²) in [5.74, 6) is -0.571. The molecule has 0 radical (unpaired) electrons. The predicted octanol–water partition coefficient (Wildman–Crippen LogP) is 4.72. The molecule has 8 heteroatoms. The summed E-state index contributed by atoms with van der Waals surface area (Å²) >= 11 is 0. The Morgan fingerprint density at radius 1 is 1.03 bits per heavy atom. The number of halogens is 1. The van der Waals surface area contributed by atoms with Crippen LogP contribution in [0.2, 0.25) is 0 Å². The van der Waals surface area contributed by atoms with Gasteiger partial charge >= 0.3 is 6.03 Å². The molecule has 0 bridgehead atoms. The van der Waals surface area contributed by atoms with Gasteiger partial charge in [0.25, 0.3) is 0 Å². The van der Waals surface area contributed by atoms with Crippen LogP contribution in [0.5, 0.6) is 0 Å². The Balaban J connectivity index is 1.96. The van der Waals surface area contributed by atoms with E-state index in [1.54, 1.807) is 13.0 Å². The molecule has 0 aliphatic heterocycles. The Kier molecular flexibility index (Phi) is 6.23. The zero-order valence-corrected chi connectivity index (χ0v) is 16.5. The number of nitrogens with zero attached hydrogens (tertiary/aromatic N) is 1. The quantitative estimate of drug-likeness (QED) is 0.612. The normalized spacial score (nSPS) is 11.1. The van der Waals surface area contributed by atoms with Gasteiger partial charge in [0.05, 0.1) is 34.4 Å². The molecular formula is C21H20FN3O3S. The van der Waals surface area contributed by atoms with E-state index in [9.17, 15) is 17.6 Å². The van der Waals surface area contributed by atoms with Gasteiger partial charge in [0.1, 0.15) is 5.82 Å². The van der Waals surface area contributed by atoms with Crippen molar-refractivity contribution >= 4 is 27.2 Å². The number of sulfone groups is 1.